The molecule has 45 heavy (non-hydrogen) atoms. The predicted octanol–water partition coefficient (Wildman–Crippen LogP) is 1.67. The monoisotopic (exact) mass is 610 g/mol. The van der Waals surface area contributed by atoms with Gasteiger partial charge in [0.05, 0.1) is 6.04 Å². The summed E-state index contributed by atoms with van der Waals surface area (Å²) in [6.07, 6.45) is 3.39. The number of nitrogens with two attached hydrogens (primary N) is 2. The third-order valence-corrected chi connectivity index (χ3v) is 8.22. The van der Waals surface area contributed by atoms with Crippen molar-refractivity contribution in [1.82, 2.24) is 20.5 Å². The molecule has 1 aliphatic rings. The number of H-pyrrole nitrogens is 1. The summed E-state index contributed by atoms with van der Waals surface area (Å²) in [4.78, 5) is 57.9. The predicted molar refractivity (Wildman–Crippen MR) is 170 cm³/mol. The number of benzene rings is 3. The van der Waals surface area contributed by atoms with Crippen molar-refractivity contribution in [3.05, 3.63) is 102 Å². The second-order valence-corrected chi connectivity index (χ2v) is 11.4. The van der Waals surface area contributed by atoms with Gasteiger partial charge in [-0.25, -0.2) is 0 Å². The van der Waals surface area contributed by atoms with Crippen molar-refractivity contribution in [3.8, 4) is 5.75 Å². The third-order valence-electron chi connectivity index (χ3n) is 8.22. The maximum atomic E-state index is 13.7. The molecule has 234 valence electrons. The fourth-order valence-corrected chi connectivity index (χ4v) is 5.83. The van der Waals surface area contributed by atoms with Crippen molar-refractivity contribution in [2.75, 3.05) is 6.54 Å². The van der Waals surface area contributed by atoms with Gasteiger partial charge in [-0.2, -0.15) is 0 Å². The Hall–Kier alpha value is -5.16. The van der Waals surface area contributed by atoms with Crippen LogP contribution in [-0.2, 0) is 38.4 Å². The zero-order chi connectivity index (χ0) is 31.9. The van der Waals surface area contributed by atoms with E-state index >= 15 is 0 Å². The number of primary amides is 1. The lowest BCUT2D eigenvalue weighted by atomic mass is 10.0. The van der Waals surface area contributed by atoms with Crippen LogP contribution in [0.4, 0.5) is 0 Å². The van der Waals surface area contributed by atoms with Crippen LogP contribution in [0.2, 0.25) is 0 Å². The fourth-order valence-electron chi connectivity index (χ4n) is 5.83. The Morgan fingerprint density at radius 2 is 1.56 bits per heavy atom. The highest BCUT2D eigenvalue weighted by molar-refractivity contribution is 5.95. The van der Waals surface area contributed by atoms with E-state index in [2.05, 4.69) is 15.6 Å². The molecule has 3 aromatic carbocycles. The number of para-hydroxylation sites is 1. The zero-order valence-electron chi connectivity index (χ0n) is 24.8. The molecule has 8 N–H and O–H groups in total. The highest BCUT2D eigenvalue weighted by Crippen LogP contribution is 2.22. The number of aromatic hydroxyl groups is 1. The van der Waals surface area contributed by atoms with Gasteiger partial charge in [-0.1, -0.05) is 60.7 Å². The molecule has 4 amide bonds. The Labute approximate surface area is 261 Å². The molecule has 0 spiro atoms. The number of phenols is 1. The molecule has 2 heterocycles. The number of amides is 4. The summed E-state index contributed by atoms with van der Waals surface area (Å²) in [6.45, 7) is 0.361. The van der Waals surface area contributed by atoms with Crippen LogP contribution in [0.5, 0.6) is 5.75 Å². The smallest absolute Gasteiger partial charge is 0.243 e. The van der Waals surface area contributed by atoms with Gasteiger partial charge in [0.2, 0.25) is 23.6 Å². The number of nitrogens with one attached hydrogen (secondary N) is 3. The molecule has 1 fully saturated rings. The van der Waals surface area contributed by atoms with Gasteiger partial charge in [-0.3, -0.25) is 19.2 Å². The van der Waals surface area contributed by atoms with Gasteiger partial charge in [0.15, 0.2) is 0 Å². The standard InChI is InChI=1S/C34H38N6O5/c35-26(17-22-12-14-24(41)15-13-22)34(45)40-16-6-11-30(40)33(44)39-29(19-23-20-37-27-10-5-4-9-25(23)27)32(43)38-28(31(36)42)18-21-7-2-1-3-8-21/h1-5,7-10,12-15,20,26,28-30,37,41H,6,11,16-19,35H2,(H2,36,42)(H,38,43)(H,39,44)/t26-,28-,29+,30+/m0/s1. The maximum Gasteiger partial charge on any atom is 0.243 e. The molecule has 1 aliphatic heterocycles. The van der Waals surface area contributed by atoms with Crippen LogP contribution in [0.15, 0.2) is 85.1 Å². The van der Waals surface area contributed by atoms with Crippen molar-refractivity contribution in [2.45, 2.75) is 56.3 Å². The SMILES string of the molecule is NC(=O)[C@H](Cc1ccccc1)NC(=O)[C@@H](Cc1c[nH]c2ccccc12)NC(=O)[C@H]1CCCN1C(=O)[C@@H](N)Cc1ccc(O)cc1. The van der Waals surface area contributed by atoms with Crippen molar-refractivity contribution in [3.63, 3.8) is 0 Å². The van der Waals surface area contributed by atoms with E-state index in [1.165, 1.54) is 17.0 Å². The molecule has 0 unspecified atom stereocenters. The summed E-state index contributed by atoms with van der Waals surface area (Å²) in [5.41, 5.74) is 15.2. The van der Waals surface area contributed by atoms with E-state index in [1.807, 2.05) is 54.6 Å². The molecule has 0 bridgehead atoms. The number of hydrogen-bond donors (Lipinski definition) is 6. The Kier molecular flexibility index (Phi) is 9.79. The molecule has 0 radical (unpaired) electrons. The molecule has 11 heteroatoms. The topological polar surface area (TPSA) is 184 Å². The number of aromatic nitrogens is 1. The van der Waals surface area contributed by atoms with Gasteiger partial charge in [-0.15, -0.1) is 0 Å². The molecule has 1 aromatic heterocycles. The maximum absolute atomic E-state index is 13.7. The van der Waals surface area contributed by atoms with Crippen LogP contribution < -0.4 is 22.1 Å². The van der Waals surface area contributed by atoms with Crippen molar-refractivity contribution >= 4 is 34.5 Å². The Morgan fingerprint density at radius 1 is 0.867 bits per heavy atom. The minimum atomic E-state index is -1.06. The van der Waals surface area contributed by atoms with Crippen LogP contribution in [0, 0.1) is 0 Å². The largest absolute Gasteiger partial charge is 0.508 e. The minimum Gasteiger partial charge on any atom is -0.508 e. The summed E-state index contributed by atoms with van der Waals surface area (Å²) >= 11 is 0. The Balaban J connectivity index is 1.33. The molecule has 0 aliphatic carbocycles. The first-order valence-corrected chi connectivity index (χ1v) is 15.0. The fraction of sp³-hybridized carbons (Fsp3) is 0.294. The van der Waals surface area contributed by atoms with Crippen molar-refractivity contribution in [1.29, 1.82) is 0 Å². The molecule has 5 rings (SSSR count). The van der Waals surface area contributed by atoms with Crippen LogP contribution in [0.3, 0.4) is 0 Å². The highest BCUT2D eigenvalue weighted by Gasteiger charge is 2.38. The molecule has 0 saturated carbocycles. The Morgan fingerprint density at radius 3 is 2.29 bits per heavy atom. The number of rotatable bonds is 12. The van der Waals surface area contributed by atoms with E-state index in [4.69, 9.17) is 11.5 Å². The highest BCUT2D eigenvalue weighted by atomic mass is 16.3. The molecular formula is C34H38N6O5. The number of hydrogen-bond acceptors (Lipinski definition) is 6. The van der Waals surface area contributed by atoms with Crippen molar-refractivity contribution < 1.29 is 24.3 Å². The summed E-state index contributed by atoms with van der Waals surface area (Å²) in [6, 6.07) is 19.5. The van der Waals surface area contributed by atoms with Crippen molar-refractivity contribution in [2.24, 2.45) is 11.5 Å². The van der Waals surface area contributed by atoms with Crippen LogP contribution in [-0.4, -0.2) is 69.3 Å². The van der Waals surface area contributed by atoms with Crippen LogP contribution in [0.1, 0.15) is 29.5 Å². The van der Waals surface area contributed by atoms with Crippen LogP contribution >= 0.6 is 0 Å². The molecule has 11 nitrogen and oxygen atoms in total. The normalized spacial score (nSPS) is 16.6. The molecule has 4 aromatic rings. The number of aromatic amines is 1. The van der Waals surface area contributed by atoms with Crippen LogP contribution in [0.25, 0.3) is 10.9 Å². The number of carbonyl (C=O) groups excluding carboxylic acids is 4. The van der Waals surface area contributed by atoms with E-state index in [1.54, 1.807) is 18.3 Å². The van der Waals surface area contributed by atoms with Gasteiger partial charge in [-0.05, 0) is 54.2 Å². The van der Waals surface area contributed by atoms with Gasteiger partial charge in [0.1, 0.15) is 23.9 Å². The third kappa shape index (κ3) is 7.68. The Bertz CT molecular complexity index is 1650. The quantitative estimate of drug-likeness (QED) is 0.142. The first-order valence-electron chi connectivity index (χ1n) is 15.0. The van der Waals surface area contributed by atoms with Gasteiger partial charge >= 0.3 is 0 Å². The second-order valence-electron chi connectivity index (χ2n) is 11.4. The first-order chi connectivity index (χ1) is 21.7. The number of nitrogens with zero attached hydrogens (tertiary/aromatic N) is 1. The van der Waals surface area contributed by atoms with Gasteiger partial charge in [0, 0.05) is 36.5 Å². The molecule has 1 saturated heterocycles. The van der Waals surface area contributed by atoms with E-state index < -0.39 is 41.9 Å². The minimum absolute atomic E-state index is 0.114. The van der Waals surface area contributed by atoms with Gasteiger partial charge in [0.25, 0.3) is 0 Å². The number of carbonyl (C=O) groups is 4. The average molecular weight is 611 g/mol. The van der Waals surface area contributed by atoms with E-state index in [0.29, 0.717) is 19.4 Å². The van der Waals surface area contributed by atoms with Gasteiger partial charge < -0.3 is 37.1 Å². The van der Waals surface area contributed by atoms with E-state index in [9.17, 15) is 24.3 Å². The van der Waals surface area contributed by atoms with E-state index in [-0.39, 0.29) is 30.9 Å². The van der Waals surface area contributed by atoms with E-state index in [0.717, 1.165) is 27.6 Å². The molecular weight excluding hydrogens is 572 g/mol. The first kappa shape index (κ1) is 31.3. The summed E-state index contributed by atoms with van der Waals surface area (Å²) in [7, 11) is 0. The number of likely N-dealkylation sites (tertiary alicyclic amines) is 1. The summed E-state index contributed by atoms with van der Waals surface area (Å²) in [5.74, 6) is -1.98. The number of fused-ring (bicyclic) bond motifs is 1. The lowest BCUT2D eigenvalue weighted by Crippen LogP contribution is -2.58. The number of phenolic OH excluding ortho intramolecular Hbond substituents is 1. The lowest BCUT2D eigenvalue weighted by Gasteiger charge is -2.29. The molecule has 4 atom stereocenters. The average Bonchev–Trinajstić information content (AvgIpc) is 3.69. The lowest BCUT2D eigenvalue weighted by molar-refractivity contribution is -0.140. The zero-order valence-corrected chi connectivity index (χ0v) is 24.8. The summed E-state index contributed by atoms with van der Waals surface area (Å²) in [5, 5.41) is 16.1. The summed E-state index contributed by atoms with van der Waals surface area (Å²) < 4.78 is 0. The second kappa shape index (κ2) is 14.1.